The van der Waals surface area contributed by atoms with Crippen molar-refractivity contribution < 1.29 is 4.74 Å². The zero-order valence-electron chi connectivity index (χ0n) is 12.8. The summed E-state index contributed by atoms with van der Waals surface area (Å²) in [6.45, 7) is 1.44. The normalized spacial score (nSPS) is 20.3. The van der Waals surface area contributed by atoms with Gasteiger partial charge in [0.1, 0.15) is 24.0 Å². The molecule has 1 aliphatic heterocycles. The summed E-state index contributed by atoms with van der Waals surface area (Å²) in [5.74, 6) is 1.47. The van der Waals surface area contributed by atoms with Gasteiger partial charge in [-0.15, -0.1) is 5.10 Å². The summed E-state index contributed by atoms with van der Waals surface area (Å²) in [6, 6.07) is 5.84. The van der Waals surface area contributed by atoms with Gasteiger partial charge in [-0.1, -0.05) is 0 Å². The first-order chi connectivity index (χ1) is 11.3. The van der Waals surface area contributed by atoms with Crippen molar-refractivity contribution in [3.8, 4) is 6.07 Å². The van der Waals surface area contributed by atoms with Crippen LogP contribution in [-0.4, -0.2) is 52.5 Å². The van der Waals surface area contributed by atoms with Crippen LogP contribution in [0, 0.1) is 11.3 Å². The number of aromatic nitrogens is 4. The minimum Gasteiger partial charge on any atom is -0.380 e. The Hall–Kier alpha value is -2.79. The van der Waals surface area contributed by atoms with Gasteiger partial charge in [0.15, 0.2) is 0 Å². The van der Waals surface area contributed by atoms with Crippen molar-refractivity contribution in [2.24, 2.45) is 0 Å². The maximum atomic E-state index is 8.91. The molecule has 0 amide bonds. The standard InChI is InChI=1S/C15H17N7O/c1-23-13-5-12(22(9-13)15-2-3-17-10-19-15)8-18-14-4-11(6-16)7-20-21-14/h2-4,7,10,12-13H,5,8-9H2,1H3,(H,18,21)/t12-,13-/m1/s1. The monoisotopic (exact) mass is 311 g/mol. The molecule has 0 spiro atoms. The third-order valence-corrected chi connectivity index (χ3v) is 3.87. The Morgan fingerprint density at radius 3 is 3.17 bits per heavy atom. The lowest BCUT2D eigenvalue weighted by Crippen LogP contribution is -2.35. The van der Waals surface area contributed by atoms with E-state index in [0.29, 0.717) is 17.9 Å². The molecule has 118 valence electrons. The lowest BCUT2D eigenvalue weighted by atomic mass is 10.2. The summed E-state index contributed by atoms with van der Waals surface area (Å²) in [5, 5.41) is 20.0. The van der Waals surface area contributed by atoms with E-state index in [0.717, 1.165) is 18.8 Å². The van der Waals surface area contributed by atoms with Crippen LogP contribution < -0.4 is 10.2 Å². The van der Waals surface area contributed by atoms with Crippen LogP contribution in [0.25, 0.3) is 0 Å². The SMILES string of the molecule is CO[C@@H]1C[C@H](CNc2cc(C#N)cnn2)N(c2ccncn2)C1. The van der Waals surface area contributed by atoms with Gasteiger partial charge in [0.2, 0.25) is 0 Å². The summed E-state index contributed by atoms with van der Waals surface area (Å²) in [6.07, 6.45) is 5.76. The summed E-state index contributed by atoms with van der Waals surface area (Å²) in [5.41, 5.74) is 0.483. The average molecular weight is 311 g/mol. The molecule has 2 aromatic rings. The second-order valence-corrected chi connectivity index (χ2v) is 5.29. The van der Waals surface area contributed by atoms with Crippen molar-refractivity contribution in [3.05, 3.63) is 36.4 Å². The summed E-state index contributed by atoms with van der Waals surface area (Å²) in [4.78, 5) is 10.5. The molecule has 23 heavy (non-hydrogen) atoms. The minimum absolute atomic E-state index is 0.160. The Labute approximate surface area is 134 Å². The first-order valence-corrected chi connectivity index (χ1v) is 7.32. The van der Waals surface area contributed by atoms with Crippen LogP contribution in [0.2, 0.25) is 0 Å². The highest BCUT2D eigenvalue weighted by atomic mass is 16.5. The number of anilines is 2. The van der Waals surface area contributed by atoms with Crippen molar-refractivity contribution in [1.82, 2.24) is 20.2 Å². The predicted octanol–water partition coefficient (Wildman–Crippen LogP) is 0.844. The quantitative estimate of drug-likeness (QED) is 0.867. The van der Waals surface area contributed by atoms with E-state index in [-0.39, 0.29) is 12.1 Å². The molecule has 1 N–H and O–H groups in total. The van der Waals surface area contributed by atoms with Crippen molar-refractivity contribution in [1.29, 1.82) is 5.26 Å². The Kier molecular flexibility index (Phi) is 4.59. The van der Waals surface area contributed by atoms with E-state index in [1.807, 2.05) is 6.07 Å². The van der Waals surface area contributed by atoms with Gasteiger partial charge in [-0.25, -0.2) is 9.97 Å². The van der Waals surface area contributed by atoms with Gasteiger partial charge in [0.05, 0.1) is 23.9 Å². The fourth-order valence-corrected chi connectivity index (χ4v) is 2.71. The number of methoxy groups -OCH3 is 1. The molecule has 0 radical (unpaired) electrons. The molecule has 0 unspecified atom stereocenters. The molecule has 0 aromatic carbocycles. The molecular formula is C15H17N7O. The van der Waals surface area contributed by atoms with Crippen LogP contribution in [0.1, 0.15) is 12.0 Å². The molecule has 2 atom stereocenters. The smallest absolute Gasteiger partial charge is 0.150 e. The first-order valence-electron chi connectivity index (χ1n) is 7.32. The molecule has 8 heteroatoms. The number of ether oxygens (including phenoxy) is 1. The molecule has 0 saturated carbocycles. The molecule has 1 saturated heterocycles. The minimum atomic E-state index is 0.160. The number of hydrogen-bond donors (Lipinski definition) is 1. The van der Waals surface area contributed by atoms with E-state index in [1.54, 1.807) is 25.7 Å². The largest absolute Gasteiger partial charge is 0.380 e. The number of nitrogens with zero attached hydrogens (tertiary/aromatic N) is 6. The topological polar surface area (TPSA) is 99.8 Å². The number of hydrogen-bond acceptors (Lipinski definition) is 8. The molecule has 3 heterocycles. The lowest BCUT2D eigenvalue weighted by Gasteiger charge is -2.25. The maximum Gasteiger partial charge on any atom is 0.150 e. The molecule has 0 aliphatic carbocycles. The van der Waals surface area contributed by atoms with E-state index in [4.69, 9.17) is 10.00 Å². The van der Waals surface area contributed by atoms with Crippen LogP contribution in [-0.2, 0) is 4.74 Å². The molecule has 8 nitrogen and oxygen atoms in total. The lowest BCUT2D eigenvalue weighted by molar-refractivity contribution is 0.118. The second kappa shape index (κ2) is 6.98. The van der Waals surface area contributed by atoms with Crippen LogP contribution in [0.4, 0.5) is 11.6 Å². The van der Waals surface area contributed by atoms with Crippen LogP contribution >= 0.6 is 0 Å². The fourth-order valence-electron chi connectivity index (χ4n) is 2.71. The first kappa shape index (κ1) is 15.1. The highest BCUT2D eigenvalue weighted by Crippen LogP contribution is 2.25. The van der Waals surface area contributed by atoms with Gasteiger partial charge >= 0.3 is 0 Å². The Morgan fingerprint density at radius 1 is 1.52 bits per heavy atom. The molecule has 3 rings (SSSR count). The van der Waals surface area contributed by atoms with E-state index in [2.05, 4.69) is 36.5 Å². The predicted molar refractivity (Wildman–Crippen MR) is 83.8 cm³/mol. The van der Waals surface area contributed by atoms with E-state index in [9.17, 15) is 0 Å². The maximum absolute atomic E-state index is 8.91. The molecule has 2 aromatic heterocycles. The Morgan fingerprint density at radius 2 is 2.43 bits per heavy atom. The Bertz CT molecular complexity index is 688. The van der Waals surface area contributed by atoms with Crippen molar-refractivity contribution >= 4 is 11.6 Å². The van der Waals surface area contributed by atoms with Gasteiger partial charge in [-0.3, -0.25) is 0 Å². The molecule has 0 bridgehead atoms. The van der Waals surface area contributed by atoms with Crippen LogP contribution in [0.15, 0.2) is 30.9 Å². The summed E-state index contributed by atoms with van der Waals surface area (Å²) in [7, 11) is 1.72. The summed E-state index contributed by atoms with van der Waals surface area (Å²) >= 11 is 0. The third kappa shape index (κ3) is 3.52. The van der Waals surface area contributed by atoms with Crippen molar-refractivity contribution in [3.63, 3.8) is 0 Å². The highest BCUT2D eigenvalue weighted by Gasteiger charge is 2.32. The van der Waals surface area contributed by atoms with Gasteiger partial charge in [0, 0.05) is 32.5 Å². The Balaban J connectivity index is 1.70. The van der Waals surface area contributed by atoms with Gasteiger partial charge in [-0.2, -0.15) is 10.4 Å². The van der Waals surface area contributed by atoms with Gasteiger partial charge in [-0.05, 0) is 12.5 Å². The third-order valence-electron chi connectivity index (χ3n) is 3.87. The molecule has 1 aliphatic rings. The zero-order valence-corrected chi connectivity index (χ0v) is 12.8. The van der Waals surface area contributed by atoms with E-state index < -0.39 is 0 Å². The van der Waals surface area contributed by atoms with E-state index >= 15 is 0 Å². The van der Waals surface area contributed by atoms with Gasteiger partial charge in [0.25, 0.3) is 0 Å². The van der Waals surface area contributed by atoms with Crippen molar-refractivity contribution in [2.45, 2.75) is 18.6 Å². The van der Waals surface area contributed by atoms with Crippen molar-refractivity contribution in [2.75, 3.05) is 30.4 Å². The highest BCUT2D eigenvalue weighted by molar-refractivity contribution is 5.44. The number of nitriles is 1. The van der Waals surface area contributed by atoms with Crippen LogP contribution in [0.3, 0.4) is 0 Å². The van der Waals surface area contributed by atoms with E-state index in [1.165, 1.54) is 6.20 Å². The molecular weight excluding hydrogens is 294 g/mol. The molecule has 1 fully saturated rings. The fraction of sp³-hybridized carbons (Fsp3) is 0.400. The number of nitrogens with one attached hydrogen (secondary N) is 1. The number of rotatable bonds is 5. The summed E-state index contributed by atoms with van der Waals surface area (Å²) < 4.78 is 5.50. The second-order valence-electron chi connectivity index (χ2n) is 5.29. The average Bonchev–Trinajstić information content (AvgIpc) is 3.04. The van der Waals surface area contributed by atoms with Gasteiger partial charge < -0.3 is 15.0 Å². The van der Waals surface area contributed by atoms with Crippen LogP contribution in [0.5, 0.6) is 0 Å². The zero-order chi connectivity index (χ0) is 16.1.